The van der Waals surface area contributed by atoms with Crippen molar-refractivity contribution in [3.63, 3.8) is 0 Å². The van der Waals surface area contributed by atoms with Gasteiger partial charge in [0.1, 0.15) is 4.90 Å². The van der Waals surface area contributed by atoms with Crippen molar-refractivity contribution in [2.24, 2.45) is 7.05 Å². The smallest absolute Gasteiger partial charge is 0.244 e. The first kappa shape index (κ1) is 14.2. The summed E-state index contributed by atoms with van der Waals surface area (Å²) in [7, 11) is 1.59. The Hall–Kier alpha value is -0.850. The molecule has 0 saturated carbocycles. The molecule has 1 aromatic rings. The van der Waals surface area contributed by atoms with Gasteiger partial charge in [-0.15, -0.1) is 0 Å². The van der Waals surface area contributed by atoms with Crippen LogP contribution in [0, 0.1) is 0 Å². The highest BCUT2D eigenvalue weighted by molar-refractivity contribution is 7.89. The number of sulfonamides is 1. The van der Waals surface area contributed by atoms with Gasteiger partial charge in [-0.25, -0.2) is 12.7 Å². The monoisotopic (exact) mass is 259 g/mol. The highest BCUT2D eigenvalue weighted by Crippen LogP contribution is 2.16. The minimum absolute atomic E-state index is 0.338. The fourth-order valence-corrected chi connectivity index (χ4v) is 2.41. The summed E-state index contributed by atoms with van der Waals surface area (Å²) in [5.41, 5.74) is 0.958. The topological polar surface area (TPSA) is 54.3 Å². The van der Waals surface area contributed by atoms with Crippen LogP contribution in [0.2, 0.25) is 0 Å². The van der Waals surface area contributed by atoms with E-state index in [0.717, 1.165) is 5.69 Å². The lowest BCUT2D eigenvalue weighted by Gasteiger charge is -2.08. The van der Waals surface area contributed by atoms with Crippen LogP contribution in [-0.2, 0) is 23.6 Å². The maximum atomic E-state index is 11.9. The number of aromatic nitrogens is 1. The molecule has 0 saturated heterocycles. The molecule has 0 atom stereocenters. The van der Waals surface area contributed by atoms with Crippen molar-refractivity contribution >= 4 is 10.0 Å². The van der Waals surface area contributed by atoms with Gasteiger partial charge in [-0.1, -0.05) is 13.8 Å². The highest BCUT2D eigenvalue weighted by atomic mass is 32.2. The van der Waals surface area contributed by atoms with Gasteiger partial charge < -0.3 is 9.88 Å². The summed E-state index contributed by atoms with van der Waals surface area (Å²) in [4.78, 5) is 0.338. The van der Waals surface area contributed by atoms with E-state index < -0.39 is 10.0 Å². The molecule has 0 bridgehead atoms. The van der Waals surface area contributed by atoms with E-state index in [1.807, 2.05) is 11.6 Å². The Labute approximate surface area is 103 Å². The van der Waals surface area contributed by atoms with Gasteiger partial charge in [0, 0.05) is 45.6 Å². The van der Waals surface area contributed by atoms with Crippen molar-refractivity contribution < 1.29 is 8.42 Å². The summed E-state index contributed by atoms with van der Waals surface area (Å²) < 4.78 is 26.9. The number of rotatable bonds is 5. The summed E-state index contributed by atoms with van der Waals surface area (Å²) in [6, 6.07) is 2.09. The lowest BCUT2D eigenvalue weighted by atomic mass is 10.3. The second-order valence-electron chi connectivity index (χ2n) is 4.60. The van der Waals surface area contributed by atoms with Gasteiger partial charge in [0.15, 0.2) is 0 Å². The number of nitrogens with zero attached hydrogens (tertiary/aromatic N) is 2. The first-order valence-corrected chi connectivity index (χ1v) is 7.00. The Morgan fingerprint density at radius 2 is 2.00 bits per heavy atom. The van der Waals surface area contributed by atoms with E-state index in [1.54, 1.807) is 12.3 Å². The zero-order chi connectivity index (χ0) is 13.2. The second kappa shape index (κ2) is 5.20. The van der Waals surface area contributed by atoms with E-state index in [1.165, 1.54) is 18.4 Å². The molecule has 0 aliphatic heterocycles. The molecular formula is C11H21N3O2S. The van der Waals surface area contributed by atoms with Crippen LogP contribution in [0.15, 0.2) is 17.2 Å². The summed E-state index contributed by atoms with van der Waals surface area (Å²) in [5, 5.41) is 3.27. The molecule has 5 nitrogen and oxygen atoms in total. The van der Waals surface area contributed by atoms with Crippen molar-refractivity contribution in [2.75, 3.05) is 14.1 Å². The maximum absolute atomic E-state index is 11.9. The lowest BCUT2D eigenvalue weighted by molar-refractivity contribution is 0.520. The average Bonchev–Trinajstić information content (AvgIpc) is 2.57. The fraction of sp³-hybridized carbons (Fsp3) is 0.636. The minimum Gasteiger partial charge on any atom is -0.352 e. The molecule has 6 heteroatoms. The normalized spacial score (nSPS) is 12.6. The molecule has 1 rings (SSSR count). The first-order valence-electron chi connectivity index (χ1n) is 5.56. The van der Waals surface area contributed by atoms with Crippen LogP contribution >= 0.6 is 0 Å². The summed E-state index contributed by atoms with van der Waals surface area (Å²) in [6.07, 6.45) is 1.65. The Kier molecular flexibility index (Phi) is 4.35. The molecule has 1 heterocycles. The van der Waals surface area contributed by atoms with E-state index in [0.29, 0.717) is 17.5 Å². The number of aryl methyl sites for hydroxylation is 1. The molecule has 17 heavy (non-hydrogen) atoms. The van der Waals surface area contributed by atoms with E-state index in [2.05, 4.69) is 19.2 Å². The van der Waals surface area contributed by atoms with Gasteiger partial charge in [-0.2, -0.15) is 0 Å². The van der Waals surface area contributed by atoms with Crippen LogP contribution in [0.4, 0.5) is 0 Å². The third-order valence-corrected chi connectivity index (χ3v) is 4.33. The van der Waals surface area contributed by atoms with Crippen LogP contribution in [0.3, 0.4) is 0 Å². The lowest BCUT2D eigenvalue weighted by Crippen LogP contribution is -2.23. The van der Waals surface area contributed by atoms with Crippen molar-refractivity contribution in [3.8, 4) is 0 Å². The van der Waals surface area contributed by atoms with Crippen LogP contribution < -0.4 is 5.32 Å². The number of hydrogen-bond donors (Lipinski definition) is 1. The molecule has 1 N–H and O–H groups in total. The molecule has 1 aromatic heterocycles. The van der Waals surface area contributed by atoms with Crippen molar-refractivity contribution in [1.82, 2.24) is 14.2 Å². The molecule has 0 unspecified atom stereocenters. The second-order valence-corrected chi connectivity index (χ2v) is 6.75. The predicted molar refractivity (Wildman–Crippen MR) is 68.3 cm³/mol. The standard InChI is InChI=1S/C11H21N3O2S/c1-9(2)12-7-10-6-11(8-14(10)5)17(15,16)13(3)4/h6,8-9,12H,7H2,1-5H3. The zero-order valence-corrected chi connectivity index (χ0v) is 11.9. The molecule has 0 aliphatic carbocycles. The molecule has 0 radical (unpaired) electrons. The van der Waals surface area contributed by atoms with Gasteiger partial charge in [-0.05, 0) is 6.07 Å². The van der Waals surface area contributed by atoms with Crippen molar-refractivity contribution in [1.29, 1.82) is 0 Å². The van der Waals surface area contributed by atoms with Gasteiger partial charge in [0.25, 0.3) is 0 Å². The van der Waals surface area contributed by atoms with Gasteiger partial charge in [0.2, 0.25) is 10.0 Å². The molecule has 0 fully saturated rings. The molecule has 0 aromatic carbocycles. The Morgan fingerprint density at radius 1 is 1.41 bits per heavy atom. The molecule has 0 amide bonds. The fourth-order valence-electron chi connectivity index (χ4n) is 1.41. The zero-order valence-electron chi connectivity index (χ0n) is 11.1. The van der Waals surface area contributed by atoms with Gasteiger partial charge >= 0.3 is 0 Å². The highest BCUT2D eigenvalue weighted by Gasteiger charge is 2.19. The Morgan fingerprint density at radius 3 is 2.47 bits per heavy atom. The first-order chi connectivity index (χ1) is 7.75. The quantitative estimate of drug-likeness (QED) is 0.850. The summed E-state index contributed by atoms with van der Waals surface area (Å²) >= 11 is 0. The molecule has 0 aliphatic rings. The van der Waals surface area contributed by atoms with Crippen molar-refractivity contribution in [2.45, 2.75) is 31.3 Å². The third-order valence-electron chi connectivity index (χ3n) is 2.55. The average molecular weight is 259 g/mol. The van der Waals surface area contributed by atoms with Gasteiger partial charge in [0.05, 0.1) is 0 Å². The van der Waals surface area contributed by atoms with Crippen LogP contribution in [0.5, 0.6) is 0 Å². The third kappa shape index (κ3) is 3.31. The predicted octanol–water partition coefficient (Wildman–Crippen LogP) is 0.773. The van der Waals surface area contributed by atoms with Crippen molar-refractivity contribution in [3.05, 3.63) is 18.0 Å². The van der Waals surface area contributed by atoms with Crippen LogP contribution in [0.1, 0.15) is 19.5 Å². The van der Waals surface area contributed by atoms with E-state index in [9.17, 15) is 8.42 Å². The van der Waals surface area contributed by atoms with E-state index >= 15 is 0 Å². The maximum Gasteiger partial charge on any atom is 0.244 e. The number of hydrogen-bond acceptors (Lipinski definition) is 3. The summed E-state index contributed by atoms with van der Waals surface area (Å²) in [6.45, 7) is 4.78. The summed E-state index contributed by atoms with van der Waals surface area (Å²) in [5.74, 6) is 0. The van der Waals surface area contributed by atoms with E-state index in [4.69, 9.17) is 0 Å². The number of nitrogens with one attached hydrogen (secondary N) is 1. The minimum atomic E-state index is -3.33. The molecule has 98 valence electrons. The van der Waals surface area contributed by atoms with Crippen LogP contribution in [0.25, 0.3) is 0 Å². The van der Waals surface area contributed by atoms with Gasteiger partial charge in [-0.3, -0.25) is 0 Å². The Balaban J connectivity index is 2.96. The Bertz CT molecular complexity index is 475. The largest absolute Gasteiger partial charge is 0.352 e. The molecule has 0 spiro atoms. The van der Waals surface area contributed by atoms with Crippen LogP contribution in [-0.4, -0.2) is 37.4 Å². The van der Waals surface area contributed by atoms with E-state index in [-0.39, 0.29) is 0 Å². The SMILES string of the molecule is CC(C)NCc1cc(S(=O)(=O)N(C)C)cn1C. The molecular weight excluding hydrogens is 238 g/mol.